The van der Waals surface area contributed by atoms with Crippen molar-refractivity contribution in [3.05, 3.63) is 46.2 Å². The lowest BCUT2D eigenvalue weighted by Gasteiger charge is -2.09. The van der Waals surface area contributed by atoms with E-state index in [9.17, 15) is 4.79 Å². The van der Waals surface area contributed by atoms with Crippen LogP contribution in [0.2, 0.25) is 0 Å². The third-order valence-corrected chi connectivity index (χ3v) is 2.61. The minimum absolute atomic E-state index is 0.00217. The first-order chi connectivity index (χ1) is 7.45. The van der Waals surface area contributed by atoms with Crippen molar-refractivity contribution in [3.8, 4) is 0 Å². The standard InChI is InChI=1S/C14H19NO/c1-5-12-6-9(2)14(10(3)7-12)13(16)8-11(4)15/h6-8H,5,15H2,1-4H3. The topological polar surface area (TPSA) is 43.1 Å². The summed E-state index contributed by atoms with van der Waals surface area (Å²) in [5.74, 6) is -0.00217. The van der Waals surface area contributed by atoms with Crippen molar-refractivity contribution in [2.75, 3.05) is 0 Å². The zero-order chi connectivity index (χ0) is 12.3. The predicted octanol–water partition coefficient (Wildman–Crippen LogP) is 2.91. The molecule has 0 saturated heterocycles. The van der Waals surface area contributed by atoms with Gasteiger partial charge in [0, 0.05) is 17.3 Å². The van der Waals surface area contributed by atoms with E-state index in [0.717, 1.165) is 23.1 Å². The van der Waals surface area contributed by atoms with Gasteiger partial charge in [-0.15, -0.1) is 0 Å². The second kappa shape index (κ2) is 4.97. The number of nitrogens with two attached hydrogens (primary N) is 1. The van der Waals surface area contributed by atoms with Crippen LogP contribution in [0.4, 0.5) is 0 Å². The van der Waals surface area contributed by atoms with Gasteiger partial charge >= 0.3 is 0 Å². The van der Waals surface area contributed by atoms with Gasteiger partial charge < -0.3 is 5.73 Å². The lowest BCUT2D eigenvalue weighted by Crippen LogP contribution is -2.05. The molecule has 86 valence electrons. The van der Waals surface area contributed by atoms with Crippen molar-refractivity contribution in [2.45, 2.75) is 34.1 Å². The second-order valence-corrected chi connectivity index (χ2v) is 4.21. The molecule has 0 aromatic heterocycles. The SMILES string of the molecule is CCc1cc(C)c(C(=O)C=C(C)N)c(C)c1. The van der Waals surface area contributed by atoms with E-state index in [1.54, 1.807) is 6.92 Å². The van der Waals surface area contributed by atoms with Gasteiger partial charge in [0.2, 0.25) is 0 Å². The third-order valence-electron chi connectivity index (χ3n) is 2.61. The molecule has 0 aliphatic carbocycles. The van der Waals surface area contributed by atoms with E-state index < -0.39 is 0 Å². The Labute approximate surface area is 97.2 Å². The van der Waals surface area contributed by atoms with E-state index >= 15 is 0 Å². The zero-order valence-corrected chi connectivity index (χ0v) is 10.4. The summed E-state index contributed by atoms with van der Waals surface area (Å²) in [5, 5.41) is 0. The first kappa shape index (κ1) is 12.5. The molecule has 0 fully saturated rings. The molecule has 0 saturated carbocycles. The van der Waals surface area contributed by atoms with Crippen LogP contribution in [0.15, 0.2) is 23.9 Å². The largest absolute Gasteiger partial charge is 0.402 e. The van der Waals surface area contributed by atoms with Gasteiger partial charge in [0.05, 0.1) is 0 Å². The Balaban J connectivity index is 3.25. The number of carbonyl (C=O) groups excluding carboxylic acids is 1. The molecule has 0 aliphatic heterocycles. The highest BCUT2D eigenvalue weighted by molar-refractivity contribution is 6.06. The first-order valence-corrected chi connectivity index (χ1v) is 5.54. The quantitative estimate of drug-likeness (QED) is 0.625. The number of benzene rings is 1. The summed E-state index contributed by atoms with van der Waals surface area (Å²) in [4.78, 5) is 11.9. The summed E-state index contributed by atoms with van der Waals surface area (Å²) in [6, 6.07) is 4.14. The molecule has 2 nitrogen and oxygen atoms in total. The van der Waals surface area contributed by atoms with E-state index in [0.29, 0.717) is 5.70 Å². The molecule has 2 heteroatoms. The summed E-state index contributed by atoms with van der Waals surface area (Å²) in [7, 11) is 0. The molecular weight excluding hydrogens is 198 g/mol. The maximum Gasteiger partial charge on any atom is 0.188 e. The Bertz CT molecular complexity index is 417. The van der Waals surface area contributed by atoms with E-state index in [2.05, 4.69) is 19.1 Å². The van der Waals surface area contributed by atoms with Crippen molar-refractivity contribution in [1.29, 1.82) is 0 Å². The van der Waals surface area contributed by atoms with Crippen LogP contribution in [0.3, 0.4) is 0 Å². The molecule has 0 radical (unpaired) electrons. The maximum atomic E-state index is 11.9. The highest BCUT2D eigenvalue weighted by Gasteiger charge is 2.10. The van der Waals surface area contributed by atoms with Crippen LogP contribution in [-0.2, 0) is 6.42 Å². The average molecular weight is 217 g/mol. The van der Waals surface area contributed by atoms with E-state index in [1.165, 1.54) is 11.6 Å². The number of hydrogen-bond acceptors (Lipinski definition) is 2. The van der Waals surface area contributed by atoms with Gasteiger partial charge in [-0.2, -0.15) is 0 Å². The molecule has 0 unspecified atom stereocenters. The van der Waals surface area contributed by atoms with Gasteiger partial charge in [-0.05, 0) is 43.9 Å². The summed E-state index contributed by atoms with van der Waals surface area (Å²) in [6.07, 6.45) is 2.48. The Morgan fingerprint density at radius 1 is 1.31 bits per heavy atom. The van der Waals surface area contributed by atoms with Crippen LogP contribution in [-0.4, -0.2) is 5.78 Å². The van der Waals surface area contributed by atoms with Gasteiger partial charge in [0.25, 0.3) is 0 Å². The third kappa shape index (κ3) is 2.72. The van der Waals surface area contributed by atoms with Crippen LogP contribution in [0.5, 0.6) is 0 Å². The fourth-order valence-electron chi connectivity index (χ4n) is 1.92. The second-order valence-electron chi connectivity index (χ2n) is 4.21. The molecule has 0 spiro atoms. The molecule has 0 aliphatic rings. The van der Waals surface area contributed by atoms with Gasteiger partial charge in [0.15, 0.2) is 5.78 Å². The van der Waals surface area contributed by atoms with Crippen molar-refractivity contribution in [2.24, 2.45) is 5.73 Å². The molecular formula is C14H19NO. The highest BCUT2D eigenvalue weighted by Crippen LogP contribution is 2.18. The van der Waals surface area contributed by atoms with Gasteiger partial charge in [-0.1, -0.05) is 19.1 Å². The van der Waals surface area contributed by atoms with Crippen LogP contribution in [0.1, 0.15) is 40.9 Å². The van der Waals surface area contributed by atoms with Crippen molar-refractivity contribution < 1.29 is 4.79 Å². The lowest BCUT2D eigenvalue weighted by atomic mass is 9.95. The predicted molar refractivity (Wildman–Crippen MR) is 67.6 cm³/mol. The van der Waals surface area contributed by atoms with Gasteiger partial charge in [-0.25, -0.2) is 0 Å². The van der Waals surface area contributed by atoms with Crippen LogP contribution in [0, 0.1) is 13.8 Å². The average Bonchev–Trinajstić information content (AvgIpc) is 2.15. The maximum absolute atomic E-state index is 11.9. The number of carbonyl (C=O) groups is 1. The molecule has 0 amide bonds. The fourth-order valence-corrected chi connectivity index (χ4v) is 1.92. The van der Waals surface area contributed by atoms with E-state index in [4.69, 9.17) is 5.73 Å². The zero-order valence-electron chi connectivity index (χ0n) is 10.4. The molecule has 0 bridgehead atoms. The van der Waals surface area contributed by atoms with Gasteiger partial charge in [0.1, 0.15) is 0 Å². The molecule has 1 rings (SSSR count). The van der Waals surface area contributed by atoms with E-state index in [1.807, 2.05) is 13.8 Å². The van der Waals surface area contributed by atoms with Crippen LogP contribution >= 0.6 is 0 Å². The van der Waals surface area contributed by atoms with Crippen molar-refractivity contribution >= 4 is 5.78 Å². The first-order valence-electron chi connectivity index (χ1n) is 5.54. The minimum atomic E-state index is -0.00217. The molecule has 1 aromatic rings. The summed E-state index contributed by atoms with van der Waals surface area (Å²) < 4.78 is 0. The Kier molecular flexibility index (Phi) is 3.88. The summed E-state index contributed by atoms with van der Waals surface area (Å²) >= 11 is 0. The number of aryl methyl sites for hydroxylation is 3. The highest BCUT2D eigenvalue weighted by atomic mass is 16.1. The van der Waals surface area contributed by atoms with Gasteiger partial charge in [-0.3, -0.25) is 4.79 Å². The number of rotatable bonds is 3. The Morgan fingerprint density at radius 3 is 2.19 bits per heavy atom. The Hall–Kier alpha value is -1.57. The molecule has 2 N–H and O–H groups in total. The molecule has 0 atom stereocenters. The molecule has 1 aromatic carbocycles. The smallest absolute Gasteiger partial charge is 0.188 e. The molecule has 16 heavy (non-hydrogen) atoms. The monoisotopic (exact) mass is 217 g/mol. The minimum Gasteiger partial charge on any atom is -0.402 e. The fraction of sp³-hybridized carbons (Fsp3) is 0.357. The number of hydrogen-bond donors (Lipinski definition) is 1. The number of allylic oxidation sites excluding steroid dienone is 2. The Morgan fingerprint density at radius 2 is 1.81 bits per heavy atom. The van der Waals surface area contributed by atoms with Crippen LogP contribution < -0.4 is 5.73 Å². The number of ketones is 1. The lowest BCUT2D eigenvalue weighted by molar-refractivity contribution is 0.104. The van der Waals surface area contributed by atoms with E-state index in [-0.39, 0.29) is 5.78 Å². The van der Waals surface area contributed by atoms with Crippen LogP contribution in [0.25, 0.3) is 0 Å². The summed E-state index contributed by atoms with van der Waals surface area (Å²) in [5.41, 5.74) is 10.2. The van der Waals surface area contributed by atoms with Crippen molar-refractivity contribution in [1.82, 2.24) is 0 Å². The normalized spacial score (nSPS) is 11.6. The van der Waals surface area contributed by atoms with Crippen molar-refractivity contribution in [3.63, 3.8) is 0 Å². The molecule has 0 heterocycles. The summed E-state index contributed by atoms with van der Waals surface area (Å²) in [6.45, 7) is 7.78.